The van der Waals surface area contributed by atoms with Gasteiger partial charge in [0.15, 0.2) is 0 Å². The molecule has 4 nitrogen and oxygen atoms in total. The third-order valence-corrected chi connectivity index (χ3v) is 4.72. The van der Waals surface area contributed by atoms with Gasteiger partial charge in [-0.05, 0) is 55.0 Å². The molecule has 1 aliphatic carbocycles. The maximum Gasteiger partial charge on any atom is 0.122 e. The molecule has 1 aliphatic rings. The molecule has 0 saturated heterocycles. The van der Waals surface area contributed by atoms with Gasteiger partial charge in [-0.25, -0.2) is 0 Å². The summed E-state index contributed by atoms with van der Waals surface area (Å²) in [5.41, 5.74) is 2.69. The summed E-state index contributed by atoms with van der Waals surface area (Å²) in [7, 11) is 1.74. The second-order valence-electron chi connectivity index (χ2n) is 6.58. The lowest BCUT2D eigenvalue weighted by molar-refractivity contribution is -0.00000719. The molecule has 0 saturated carbocycles. The van der Waals surface area contributed by atoms with Gasteiger partial charge in [0.05, 0.1) is 7.11 Å². The molecule has 0 fully saturated rings. The van der Waals surface area contributed by atoms with Crippen molar-refractivity contribution in [2.75, 3.05) is 20.3 Å². The number of rotatable bonds is 7. The van der Waals surface area contributed by atoms with E-state index < -0.39 is 6.10 Å². The summed E-state index contributed by atoms with van der Waals surface area (Å²) in [6.45, 7) is 0.838. The van der Waals surface area contributed by atoms with Crippen LogP contribution in [0.5, 0.6) is 11.5 Å². The van der Waals surface area contributed by atoms with Crippen LogP contribution in [0, 0.1) is 0 Å². The number of benzene rings is 2. The molecule has 2 unspecified atom stereocenters. The number of aliphatic hydroxyl groups excluding tert-OH is 1. The highest BCUT2D eigenvalue weighted by Gasteiger charge is 2.19. The quantitative estimate of drug-likeness (QED) is 0.667. The largest absolute Gasteiger partial charge is 1.00 e. The Labute approximate surface area is 161 Å². The van der Waals surface area contributed by atoms with E-state index in [0.29, 0.717) is 19.2 Å². The predicted molar refractivity (Wildman–Crippen MR) is 99.4 cm³/mol. The summed E-state index contributed by atoms with van der Waals surface area (Å²) in [4.78, 5) is 0. The van der Waals surface area contributed by atoms with Crippen molar-refractivity contribution in [3.63, 3.8) is 0 Å². The smallest absolute Gasteiger partial charge is 0.122 e. The predicted octanol–water partition coefficient (Wildman–Crippen LogP) is -0.0239. The van der Waals surface area contributed by atoms with E-state index in [9.17, 15) is 5.11 Å². The third-order valence-electron chi connectivity index (χ3n) is 4.72. The summed E-state index contributed by atoms with van der Waals surface area (Å²) in [5.74, 6) is 1.78. The van der Waals surface area contributed by atoms with Crippen molar-refractivity contribution in [1.82, 2.24) is 5.32 Å². The molecule has 0 bridgehead atoms. The number of fused-ring (bicyclic) bond motifs is 1. The van der Waals surface area contributed by atoms with Gasteiger partial charge < -0.3 is 32.3 Å². The summed E-state index contributed by atoms with van der Waals surface area (Å²) in [5, 5.41) is 13.7. The number of nitrogens with one attached hydrogen (secondary N) is 1. The number of hydrogen-bond acceptors (Lipinski definition) is 4. The minimum absolute atomic E-state index is 0. The number of hydrogen-bond donors (Lipinski definition) is 2. The first-order valence-corrected chi connectivity index (χ1v) is 9.00. The van der Waals surface area contributed by atoms with Crippen molar-refractivity contribution in [1.29, 1.82) is 0 Å². The molecule has 0 aromatic heterocycles. The molecule has 0 amide bonds. The van der Waals surface area contributed by atoms with Crippen LogP contribution >= 0.6 is 0 Å². The van der Waals surface area contributed by atoms with Crippen molar-refractivity contribution in [2.24, 2.45) is 0 Å². The lowest BCUT2D eigenvalue weighted by atomic mass is 10.0. The van der Waals surface area contributed by atoms with E-state index in [1.807, 2.05) is 36.4 Å². The van der Waals surface area contributed by atoms with E-state index >= 15 is 0 Å². The van der Waals surface area contributed by atoms with Crippen molar-refractivity contribution in [3.05, 3.63) is 59.7 Å². The van der Waals surface area contributed by atoms with Gasteiger partial charge >= 0.3 is 0 Å². The van der Waals surface area contributed by atoms with Gasteiger partial charge in [0.1, 0.15) is 24.2 Å². The summed E-state index contributed by atoms with van der Waals surface area (Å²) >= 11 is 0. The molecule has 26 heavy (non-hydrogen) atoms. The minimum Gasteiger partial charge on any atom is -1.00 e. The van der Waals surface area contributed by atoms with Crippen molar-refractivity contribution < 1.29 is 27.0 Å². The van der Waals surface area contributed by atoms with Crippen molar-refractivity contribution in [3.8, 4) is 11.5 Å². The van der Waals surface area contributed by atoms with Crippen LogP contribution in [0.2, 0.25) is 0 Å². The molecule has 5 heteroatoms. The summed E-state index contributed by atoms with van der Waals surface area (Å²) in [6, 6.07) is 16.3. The fourth-order valence-electron chi connectivity index (χ4n) is 3.42. The molecular weight excluding hydrogens is 350 g/mol. The van der Waals surface area contributed by atoms with Gasteiger partial charge in [0.25, 0.3) is 0 Å². The SMILES string of the molecule is COc1cccc2c1CCCC(NCC(O)COc1ccccc1)C2.[Cl-]. The highest BCUT2D eigenvalue weighted by molar-refractivity contribution is 5.41. The van der Waals surface area contributed by atoms with Crippen LogP contribution in [-0.2, 0) is 12.8 Å². The first-order chi connectivity index (χ1) is 12.3. The molecule has 2 N–H and O–H groups in total. The molecule has 142 valence electrons. The van der Waals surface area contributed by atoms with Gasteiger partial charge in [-0.3, -0.25) is 0 Å². The number of ether oxygens (including phenoxy) is 2. The molecule has 0 radical (unpaired) electrons. The van der Waals surface area contributed by atoms with E-state index in [1.165, 1.54) is 11.1 Å². The van der Waals surface area contributed by atoms with Gasteiger partial charge in [0.2, 0.25) is 0 Å². The average Bonchev–Trinajstić information content (AvgIpc) is 2.87. The number of methoxy groups -OCH3 is 1. The second-order valence-corrected chi connectivity index (χ2v) is 6.58. The Bertz CT molecular complexity index is 666. The number of aliphatic hydroxyl groups is 1. The highest BCUT2D eigenvalue weighted by atomic mass is 35.5. The summed E-state index contributed by atoms with van der Waals surface area (Å²) in [6.07, 6.45) is 3.73. The molecule has 0 spiro atoms. The Kier molecular flexibility index (Phi) is 8.23. The highest BCUT2D eigenvalue weighted by Crippen LogP contribution is 2.28. The fraction of sp³-hybridized carbons (Fsp3) is 0.429. The first kappa shape index (κ1) is 20.6. The number of halogens is 1. The minimum atomic E-state index is -0.520. The number of para-hydroxylation sites is 1. The Balaban J connectivity index is 0.00000243. The molecule has 2 atom stereocenters. The monoisotopic (exact) mass is 376 g/mol. The van der Waals surface area contributed by atoms with Gasteiger partial charge in [-0.15, -0.1) is 0 Å². The zero-order chi connectivity index (χ0) is 17.5. The Morgan fingerprint density at radius 3 is 2.73 bits per heavy atom. The summed E-state index contributed by atoms with van der Waals surface area (Å²) < 4.78 is 11.1. The van der Waals surface area contributed by atoms with E-state index in [0.717, 1.165) is 37.2 Å². The van der Waals surface area contributed by atoms with E-state index in [-0.39, 0.29) is 12.4 Å². The van der Waals surface area contributed by atoms with Crippen LogP contribution in [0.1, 0.15) is 24.0 Å². The van der Waals surface area contributed by atoms with E-state index in [1.54, 1.807) is 7.11 Å². The average molecular weight is 377 g/mol. The molecule has 3 rings (SSSR count). The maximum absolute atomic E-state index is 10.2. The zero-order valence-corrected chi connectivity index (χ0v) is 15.9. The van der Waals surface area contributed by atoms with Crippen LogP contribution in [0.25, 0.3) is 0 Å². The second kappa shape index (κ2) is 10.4. The van der Waals surface area contributed by atoms with Crippen LogP contribution in [0.3, 0.4) is 0 Å². The molecule has 2 aromatic rings. The lowest BCUT2D eigenvalue weighted by Crippen LogP contribution is -3.00. The van der Waals surface area contributed by atoms with Gasteiger partial charge in [-0.1, -0.05) is 30.3 Å². The van der Waals surface area contributed by atoms with Crippen LogP contribution in [0.15, 0.2) is 48.5 Å². The third kappa shape index (κ3) is 5.63. The molecule has 2 aromatic carbocycles. The van der Waals surface area contributed by atoms with Crippen molar-refractivity contribution >= 4 is 0 Å². The molecule has 0 heterocycles. The standard InChI is InChI=1S/C21H27NO3.ClH/c1-24-21-12-5-7-16-13-17(8-6-11-20(16)21)22-14-18(23)15-25-19-9-3-2-4-10-19;/h2-5,7,9-10,12,17-18,22-23H,6,8,11,13-15H2,1H3;1H/p-1. The lowest BCUT2D eigenvalue weighted by Gasteiger charge is -2.20. The van der Waals surface area contributed by atoms with Crippen LogP contribution < -0.4 is 27.2 Å². The van der Waals surface area contributed by atoms with E-state index in [4.69, 9.17) is 9.47 Å². The van der Waals surface area contributed by atoms with Crippen LogP contribution in [-0.4, -0.2) is 37.5 Å². The van der Waals surface area contributed by atoms with Crippen LogP contribution in [0.4, 0.5) is 0 Å². The first-order valence-electron chi connectivity index (χ1n) is 9.00. The Hall–Kier alpha value is -1.75. The fourth-order valence-corrected chi connectivity index (χ4v) is 3.42. The zero-order valence-electron chi connectivity index (χ0n) is 15.2. The van der Waals surface area contributed by atoms with Gasteiger partial charge in [0, 0.05) is 12.6 Å². The van der Waals surface area contributed by atoms with E-state index in [2.05, 4.69) is 17.4 Å². The molecular formula is C21H27ClNO3-. The van der Waals surface area contributed by atoms with Gasteiger partial charge in [-0.2, -0.15) is 0 Å². The Morgan fingerprint density at radius 2 is 1.96 bits per heavy atom. The normalized spacial score (nSPS) is 17.4. The topological polar surface area (TPSA) is 50.7 Å². The maximum atomic E-state index is 10.2. The van der Waals surface area contributed by atoms with Crippen molar-refractivity contribution in [2.45, 2.75) is 37.8 Å². The Morgan fingerprint density at radius 1 is 1.15 bits per heavy atom. The molecule has 0 aliphatic heterocycles.